The monoisotopic (exact) mass is 324 g/mol. The van der Waals surface area contributed by atoms with Crippen molar-refractivity contribution in [3.05, 3.63) is 28.2 Å². The summed E-state index contributed by atoms with van der Waals surface area (Å²) in [5.74, 6) is -0.108. The van der Waals surface area contributed by atoms with E-state index in [2.05, 4.69) is 18.2 Å². The molecule has 2 amide bonds. The van der Waals surface area contributed by atoms with E-state index >= 15 is 0 Å². The van der Waals surface area contributed by atoms with E-state index in [1.54, 1.807) is 0 Å². The number of fused-ring (bicyclic) bond motifs is 6. The minimum absolute atomic E-state index is 0.0769. The van der Waals surface area contributed by atoms with Gasteiger partial charge in [0.15, 0.2) is 0 Å². The second-order valence-electron chi connectivity index (χ2n) is 7.01. The van der Waals surface area contributed by atoms with E-state index in [4.69, 9.17) is 0 Å². The third-order valence-corrected chi connectivity index (χ3v) is 7.21. The molecule has 5 heteroatoms. The number of hydrogen-bond acceptors (Lipinski definition) is 4. The summed E-state index contributed by atoms with van der Waals surface area (Å²) in [6, 6.07) is 2.27. The largest absolute Gasteiger partial charge is 0.274 e. The van der Waals surface area contributed by atoms with Crippen molar-refractivity contribution >= 4 is 28.2 Å². The Balaban J connectivity index is 1.61. The summed E-state index contributed by atoms with van der Waals surface area (Å²) in [6.07, 6.45) is 9.20. The summed E-state index contributed by atoms with van der Waals surface area (Å²) in [5.41, 5.74) is 1.66. The van der Waals surface area contributed by atoms with Crippen LogP contribution in [0.15, 0.2) is 12.2 Å². The van der Waals surface area contributed by atoms with Gasteiger partial charge in [-0.1, -0.05) is 12.2 Å². The van der Waals surface area contributed by atoms with Crippen molar-refractivity contribution in [2.24, 2.45) is 23.7 Å². The fourth-order valence-corrected chi connectivity index (χ4v) is 6.28. The van der Waals surface area contributed by atoms with Gasteiger partial charge in [-0.15, -0.1) is 11.3 Å². The van der Waals surface area contributed by atoms with Gasteiger partial charge in [-0.2, -0.15) is 5.26 Å². The average molecular weight is 324 g/mol. The number of carbonyl (C=O) groups excluding carboxylic acids is 2. The molecule has 0 radical (unpaired) electrons. The van der Waals surface area contributed by atoms with Crippen LogP contribution in [-0.2, 0) is 22.4 Å². The molecule has 3 aliphatic carbocycles. The van der Waals surface area contributed by atoms with Crippen LogP contribution >= 0.6 is 11.3 Å². The Hall–Kier alpha value is -1.93. The maximum atomic E-state index is 12.9. The van der Waals surface area contributed by atoms with Gasteiger partial charge in [-0.25, -0.2) is 4.90 Å². The Morgan fingerprint density at radius 3 is 2.39 bits per heavy atom. The number of hydrogen-bond donors (Lipinski definition) is 0. The molecule has 1 aliphatic heterocycles. The molecule has 2 bridgehead atoms. The fourth-order valence-electron chi connectivity index (χ4n) is 4.93. The first-order chi connectivity index (χ1) is 11.2. The van der Waals surface area contributed by atoms with E-state index in [9.17, 15) is 14.9 Å². The Morgan fingerprint density at radius 2 is 1.74 bits per heavy atom. The molecule has 5 rings (SSSR count). The van der Waals surface area contributed by atoms with Crippen LogP contribution in [0.2, 0.25) is 0 Å². The van der Waals surface area contributed by atoms with Gasteiger partial charge in [-0.05, 0) is 49.5 Å². The highest BCUT2D eigenvalue weighted by Crippen LogP contribution is 2.54. The summed E-state index contributed by atoms with van der Waals surface area (Å²) < 4.78 is 0. The minimum atomic E-state index is -0.192. The van der Waals surface area contributed by atoms with Crippen molar-refractivity contribution in [2.45, 2.75) is 32.1 Å². The Labute approximate surface area is 138 Å². The number of amides is 2. The third-order valence-electron chi connectivity index (χ3n) is 5.94. The number of anilines is 1. The van der Waals surface area contributed by atoms with Crippen LogP contribution in [-0.4, -0.2) is 11.8 Å². The lowest BCUT2D eigenvalue weighted by Gasteiger charge is -2.15. The van der Waals surface area contributed by atoms with Crippen LogP contribution in [0.3, 0.4) is 0 Å². The first-order valence-electron chi connectivity index (χ1n) is 8.31. The molecule has 0 N–H and O–H groups in total. The lowest BCUT2D eigenvalue weighted by atomic mass is 9.85. The van der Waals surface area contributed by atoms with Gasteiger partial charge in [0, 0.05) is 4.88 Å². The molecule has 1 aromatic heterocycles. The second-order valence-corrected chi connectivity index (χ2v) is 8.10. The Bertz CT molecular complexity index is 786. The van der Waals surface area contributed by atoms with E-state index in [1.165, 1.54) is 21.1 Å². The maximum Gasteiger partial charge on any atom is 0.238 e. The number of carbonyl (C=O) groups is 2. The zero-order valence-electron chi connectivity index (χ0n) is 12.6. The lowest BCUT2D eigenvalue weighted by Crippen LogP contribution is -2.32. The number of thiophene rings is 1. The van der Waals surface area contributed by atoms with E-state index in [0.29, 0.717) is 10.6 Å². The van der Waals surface area contributed by atoms with Gasteiger partial charge in [0.2, 0.25) is 11.8 Å². The normalized spacial score (nSPS) is 34.0. The number of aryl methyl sites for hydroxylation is 1. The Kier molecular flexibility index (Phi) is 2.67. The lowest BCUT2D eigenvalue weighted by molar-refractivity contribution is -0.123. The van der Waals surface area contributed by atoms with Gasteiger partial charge in [0.05, 0.1) is 17.4 Å². The summed E-state index contributed by atoms with van der Waals surface area (Å²) in [6.45, 7) is 0. The predicted molar refractivity (Wildman–Crippen MR) is 85.9 cm³/mol. The molecule has 0 spiro atoms. The van der Waals surface area contributed by atoms with Gasteiger partial charge < -0.3 is 0 Å². The topological polar surface area (TPSA) is 61.2 Å². The van der Waals surface area contributed by atoms with E-state index < -0.39 is 0 Å². The van der Waals surface area contributed by atoms with Crippen molar-refractivity contribution in [3.8, 4) is 6.07 Å². The SMILES string of the molecule is N#Cc1c(N2C(=O)[C@@H]3[C@@H](C2=O)[C@H]2C=C[C@@H]3C2)sc2c1CCCC2. The number of nitriles is 1. The highest BCUT2D eigenvalue weighted by Gasteiger charge is 2.60. The van der Waals surface area contributed by atoms with Crippen LogP contribution in [0.4, 0.5) is 5.00 Å². The molecule has 1 aromatic rings. The van der Waals surface area contributed by atoms with Gasteiger partial charge in [0.1, 0.15) is 11.1 Å². The number of nitrogens with zero attached hydrogens (tertiary/aromatic N) is 2. The van der Waals surface area contributed by atoms with E-state index in [0.717, 1.165) is 37.7 Å². The van der Waals surface area contributed by atoms with Crippen LogP contribution < -0.4 is 4.90 Å². The summed E-state index contributed by atoms with van der Waals surface area (Å²) in [4.78, 5) is 28.4. The van der Waals surface area contributed by atoms with E-state index in [-0.39, 0.29) is 35.5 Å². The van der Waals surface area contributed by atoms with Crippen LogP contribution in [0, 0.1) is 35.0 Å². The van der Waals surface area contributed by atoms with Crippen LogP contribution in [0.1, 0.15) is 35.3 Å². The van der Waals surface area contributed by atoms with Crippen molar-refractivity contribution in [2.75, 3.05) is 4.90 Å². The summed E-state index contributed by atoms with van der Waals surface area (Å²) in [5, 5.41) is 10.2. The second kappa shape index (κ2) is 4.55. The molecule has 2 heterocycles. The smallest absolute Gasteiger partial charge is 0.238 e. The quantitative estimate of drug-likeness (QED) is 0.589. The molecule has 0 aromatic carbocycles. The molecule has 23 heavy (non-hydrogen) atoms. The van der Waals surface area contributed by atoms with Gasteiger partial charge in [0.25, 0.3) is 0 Å². The van der Waals surface area contributed by atoms with Crippen LogP contribution in [0.25, 0.3) is 0 Å². The number of imide groups is 1. The summed E-state index contributed by atoms with van der Waals surface area (Å²) in [7, 11) is 0. The molecule has 2 fully saturated rings. The predicted octanol–water partition coefficient (Wildman–Crippen LogP) is 2.81. The van der Waals surface area contributed by atoms with Gasteiger partial charge >= 0.3 is 0 Å². The zero-order valence-corrected chi connectivity index (χ0v) is 13.4. The molecule has 0 unspecified atom stereocenters. The molecule has 1 saturated heterocycles. The fraction of sp³-hybridized carbons (Fsp3) is 0.500. The van der Waals surface area contributed by atoms with Crippen molar-refractivity contribution < 1.29 is 9.59 Å². The van der Waals surface area contributed by atoms with Gasteiger partial charge in [-0.3, -0.25) is 9.59 Å². The molecular formula is C18H16N2O2S. The number of allylic oxidation sites excluding steroid dienone is 2. The zero-order chi connectivity index (χ0) is 15.7. The molecular weight excluding hydrogens is 308 g/mol. The van der Waals surface area contributed by atoms with E-state index in [1.807, 2.05) is 0 Å². The average Bonchev–Trinajstić information content (AvgIpc) is 3.29. The third kappa shape index (κ3) is 1.60. The standard InChI is InChI=1S/C18H16N2O2S/c19-8-12-11-3-1-2-4-13(11)23-18(12)20-16(21)14-9-5-6-10(7-9)15(14)17(20)22/h5-6,9-10,14-15H,1-4,7H2/t9-,10+,14-,15-/m0/s1. The maximum absolute atomic E-state index is 12.9. The highest BCUT2D eigenvalue weighted by atomic mass is 32.1. The minimum Gasteiger partial charge on any atom is -0.274 e. The molecule has 116 valence electrons. The first-order valence-corrected chi connectivity index (χ1v) is 9.13. The molecule has 4 atom stereocenters. The molecule has 1 saturated carbocycles. The van der Waals surface area contributed by atoms with Crippen molar-refractivity contribution in [1.82, 2.24) is 0 Å². The molecule has 4 nitrogen and oxygen atoms in total. The van der Waals surface area contributed by atoms with Crippen LogP contribution in [0.5, 0.6) is 0 Å². The van der Waals surface area contributed by atoms with Crippen molar-refractivity contribution in [3.63, 3.8) is 0 Å². The summed E-state index contributed by atoms with van der Waals surface area (Å²) >= 11 is 1.49. The first kappa shape index (κ1) is 13.5. The Morgan fingerprint density at radius 1 is 1.09 bits per heavy atom. The highest BCUT2D eigenvalue weighted by molar-refractivity contribution is 7.17. The number of rotatable bonds is 1. The van der Waals surface area contributed by atoms with Crippen molar-refractivity contribution in [1.29, 1.82) is 5.26 Å². The molecule has 4 aliphatic rings.